The average molecular weight is 365 g/mol. The van der Waals surface area contributed by atoms with E-state index in [0.29, 0.717) is 0 Å². The summed E-state index contributed by atoms with van der Waals surface area (Å²) in [6, 6.07) is 4.22. The van der Waals surface area contributed by atoms with Crippen molar-refractivity contribution in [3.05, 3.63) is 22.4 Å². The van der Waals surface area contributed by atoms with Crippen LogP contribution in [-0.4, -0.2) is 50.5 Å². The van der Waals surface area contributed by atoms with E-state index in [1.54, 1.807) is 30.3 Å². The summed E-state index contributed by atoms with van der Waals surface area (Å²) in [6.07, 6.45) is 9.05. The minimum Gasteiger partial charge on any atom is -0.356 e. The van der Waals surface area contributed by atoms with Gasteiger partial charge in [-0.1, -0.05) is 31.7 Å². The molecular weight excluding hydrogens is 332 g/mol. The Kier molecular flexibility index (Phi) is 8.80. The van der Waals surface area contributed by atoms with Crippen molar-refractivity contribution in [1.29, 1.82) is 0 Å². The van der Waals surface area contributed by atoms with E-state index in [-0.39, 0.29) is 12.5 Å². The van der Waals surface area contributed by atoms with Gasteiger partial charge < -0.3 is 15.5 Å². The van der Waals surface area contributed by atoms with Crippen LogP contribution in [0.2, 0.25) is 0 Å². The van der Waals surface area contributed by atoms with Gasteiger partial charge in [-0.25, -0.2) is 4.99 Å². The number of amides is 1. The fraction of sp³-hybridized carbons (Fsp3) is 0.684. The molecular formula is C19H32N4OS. The SMILES string of the molecule is CN(C)C(=O)CN=C(NCCCC1CCCC1)NCCc1cccs1. The molecule has 0 radical (unpaired) electrons. The Hall–Kier alpha value is -1.56. The highest BCUT2D eigenvalue weighted by atomic mass is 32.1. The maximum atomic E-state index is 11.8. The summed E-state index contributed by atoms with van der Waals surface area (Å²) in [4.78, 5) is 19.2. The van der Waals surface area contributed by atoms with Crippen LogP contribution in [0.4, 0.5) is 0 Å². The lowest BCUT2D eigenvalue weighted by molar-refractivity contribution is -0.127. The zero-order chi connectivity index (χ0) is 17.9. The molecule has 1 heterocycles. The van der Waals surface area contributed by atoms with Crippen LogP contribution in [0.5, 0.6) is 0 Å². The Morgan fingerprint density at radius 2 is 2.04 bits per heavy atom. The molecule has 1 aliphatic carbocycles. The number of carbonyl (C=O) groups is 1. The van der Waals surface area contributed by atoms with Crippen molar-refractivity contribution < 1.29 is 4.79 Å². The molecule has 1 aromatic rings. The molecule has 5 nitrogen and oxygen atoms in total. The van der Waals surface area contributed by atoms with Gasteiger partial charge in [-0.15, -0.1) is 11.3 Å². The fourth-order valence-electron chi connectivity index (χ4n) is 3.12. The highest BCUT2D eigenvalue weighted by Crippen LogP contribution is 2.28. The van der Waals surface area contributed by atoms with Crippen LogP contribution in [0.3, 0.4) is 0 Å². The summed E-state index contributed by atoms with van der Waals surface area (Å²) in [5.74, 6) is 1.69. The molecule has 0 aliphatic heterocycles. The molecule has 0 atom stereocenters. The van der Waals surface area contributed by atoms with E-state index in [1.807, 2.05) is 0 Å². The maximum Gasteiger partial charge on any atom is 0.243 e. The maximum absolute atomic E-state index is 11.8. The third kappa shape index (κ3) is 7.90. The largest absolute Gasteiger partial charge is 0.356 e. The van der Waals surface area contributed by atoms with Crippen LogP contribution in [0.25, 0.3) is 0 Å². The summed E-state index contributed by atoms with van der Waals surface area (Å²) < 4.78 is 0. The second kappa shape index (κ2) is 11.1. The summed E-state index contributed by atoms with van der Waals surface area (Å²) >= 11 is 1.77. The molecule has 0 unspecified atom stereocenters. The first kappa shape index (κ1) is 19.8. The quantitative estimate of drug-likeness (QED) is 0.402. The molecule has 1 aliphatic rings. The van der Waals surface area contributed by atoms with E-state index in [4.69, 9.17) is 0 Å². The first-order valence-corrected chi connectivity index (χ1v) is 10.3. The van der Waals surface area contributed by atoms with E-state index in [9.17, 15) is 4.79 Å². The topological polar surface area (TPSA) is 56.7 Å². The van der Waals surface area contributed by atoms with Gasteiger partial charge in [0.1, 0.15) is 6.54 Å². The normalized spacial score (nSPS) is 15.4. The van der Waals surface area contributed by atoms with Crippen LogP contribution >= 0.6 is 11.3 Å². The molecule has 1 amide bonds. The predicted octanol–water partition coefficient (Wildman–Crippen LogP) is 2.88. The first-order valence-electron chi connectivity index (χ1n) is 9.40. The van der Waals surface area contributed by atoms with Gasteiger partial charge in [-0.05, 0) is 36.6 Å². The van der Waals surface area contributed by atoms with Crippen molar-refractivity contribution in [2.75, 3.05) is 33.7 Å². The number of hydrogen-bond donors (Lipinski definition) is 2. The van der Waals surface area contributed by atoms with Gasteiger partial charge in [-0.3, -0.25) is 4.79 Å². The molecule has 1 aromatic heterocycles. The van der Waals surface area contributed by atoms with E-state index in [1.165, 1.54) is 37.0 Å². The monoisotopic (exact) mass is 364 g/mol. The van der Waals surface area contributed by atoms with Crippen LogP contribution in [0.15, 0.2) is 22.5 Å². The summed E-state index contributed by atoms with van der Waals surface area (Å²) in [5.41, 5.74) is 0. The second-order valence-corrected chi connectivity index (χ2v) is 7.96. The zero-order valence-electron chi connectivity index (χ0n) is 15.6. The molecule has 1 saturated carbocycles. The number of hydrogen-bond acceptors (Lipinski definition) is 3. The van der Waals surface area contributed by atoms with E-state index >= 15 is 0 Å². The molecule has 0 saturated heterocycles. The number of guanidine groups is 1. The number of nitrogens with one attached hydrogen (secondary N) is 2. The van der Waals surface area contributed by atoms with Crippen LogP contribution in [0, 0.1) is 5.92 Å². The zero-order valence-corrected chi connectivity index (χ0v) is 16.4. The fourth-order valence-corrected chi connectivity index (χ4v) is 3.83. The van der Waals surface area contributed by atoms with Crippen molar-refractivity contribution in [2.24, 2.45) is 10.9 Å². The molecule has 6 heteroatoms. The van der Waals surface area contributed by atoms with Crippen LogP contribution < -0.4 is 10.6 Å². The third-order valence-electron chi connectivity index (χ3n) is 4.67. The van der Waals surface area contributed by atoms with Crippen molar-refractivity contribution in [3.63, 3.8) is 0 Å². The number of nitrogens with zero attached hydrogens (tertiary/aromatic N) is 2. The summed E-state index contributed by atoms with van der Waals surface area (Å²) in [5, 5.41) is 8.84. The number of likely N-dealkylation sites (N-methyl/N-ethyl adjacent to an activating group) is 1. The number of thiophene rings is 1. The van der Waals surface area contributed by atoms with Gasteiger partial charge in [-0.2, -0.15) is 0 Å². The molecule has 0 spiro atoms. The van der Waals surface area contributed by atoms with Crippen molar-refractivity contribution >= 4 is 23.2 Å². The lowest BCUT2D eigenvalue weighted by Gasteiger charge is -2.14. The highest BCUT2D eigenvalue weighted by molar-refractivity contribution is 7.09. The third-order valence-corrected chi connectivity index (χ3v) is 5.61. The Morgan fingerprint density at radius 1 is 1.28 bits per heavy atom. The van der Waals surface area contributed by atoms with Gasteiger partial charge in [0.15, 0.2) is 5.96 Å². The van der Waals surface area contributed by atoms with Gasteiger partial charge in [0.05, 0.1) is 0 Å². The average Bonchev–Trinajstić information content (AvgIpc) is 3.29. The van der Waals surface area contributed by atoms with Crippen molar-refractivity contribution in [3.8, 4) is 0 Å². The van der Waals surface area contributed by atoms with E-state index < -0.39 is 0 Å². The molecule has 0 bridgehead atoms. The Balaban J connectivity index is 1.73. The smallest absolute Gasteiger partial charge is 0.243 e. The number of aliphatic imine (C=N–C) groups is 1. The molecule has 1 fully saturated rings. The van der Waals surface area contributed by atoms with Gasteiger partial charge >= 0.3 is 0 Å². The van der Waals surface area contributed by atoms with Crippen molar-refractivity contribution in [1.82, 2.24) is 15.5 Å². The van der Waals surface area contributed by atoms with E-state index in [0.717, 1.165) is 37.8 Å². The van der Waals surface area contributed by atoms with Crippen molar-refractivity contribution in [2.45, 2.75) is 44.9 Å². The molecule has 25 heavy (non-hydrogen) atoms. The summed E-state index contributed by atoms with van der Waals surface area (Å²) in [6.45, 7) is 1.92. The highest BCUT2D eigenvalue weighted by Gasteiger charge is 2.14. The predicted molar refractivity (Wildman–Crippen MR) is 106 cm³/mol. The lowest BCUT2D eigenvalue weighted by Crippen LogP contribution is -2.40. The Bertz CT molecular complexity index is 522. The minimum absolute atomic E-state index is 0.0188. The van der Waals surface area contributed by atoms with Crippen LogP contribution in [0.1, 0.15) is 43.4 Å². The minimum atomic E-state index is 0.0188. The Morgan fingerprint density at radius 3 is 2.72 bits per heavy atom. The van der Waals surface area contributed by atoms with Gasteiger partial charge in [0, 0.05) is 32.1 Å². The Labute approximate surface area is 155 Å². The van der Waals surface area contributed by atoms with Gasteiger partial charge in [0.25, 0.3) is 0 Å². The second-order valence-electron chi connectivity index (χ2n) is 6.93. The standard InChI is InChI=1S/C19H32N4OS/c1-23(2)18(24)15-22-19(21-13-11-17-10-6-14-25-17)20-12-5-9-16-7-3-4-8-16/h6,10,14,16H,3-5,7-9,11-13,15H2,1-2H3,(H2,20,21,22). The first-order chi connectivity index (χ1) is 12.1. The summed E-state index contributed by atoms with van der Waals surface area (Å²) in [7, 11) is 3.52. The lowest BCUT2D eigenvalue weighted by atomic mass is 10.0. The molecule has 2 rings (SSSR count). The number of rotatable bonds is 9. The van der Waals surface area contributed by atoms with Gasteiger partial charge in [0.2, 0.25) is 5.91 Å². The number of carbonyl (C=O) groups excluding carboxylic acids is 1. The molecule has 0 aromatic carbocycles. The molecule has 2 N–H and O–H groups in total. The molecule has 140 valence electrons. The van der Waals surface area contributed by atoms with E-state index in [2.05, 4.69) is 33.1 Å². The van der Waals surface area contributed by atoms with Crippen LogP contribution in [-0.2, 0) is 11.2 Å².